The Balaban J connectivity index is 1.40. The number of hydrogen-bond acceptors (Lipinski definition) is 4. The molecule has 28 heavy (non-hydrogen) atoms. The Labute approximate surface area is 163 Å². The van der Waals surface area contributed by atoms with Crippen molar-refractivity contribution in [2.45, 2.75) is 25.2 Å². The quantitative estimate of drug-likeness (QED) is 0.735. The van der Waals surface area contributed by atoms with Gasteiger partial charge in [-0.2, -0.15) is 0 Å². The predicted molar refractivity (Wildman–Crippen MR) is 107 cm³/mol. The molecule has 1 aliphatic carbocycles. The monoisotopic (exact) mass is 396 g/mol. The molecule has 0 atom stereocenters. The van der Waals surface area contributed by atoms with Gasteiger partial charge in [0.1, 0.15) is 5.82 Å². The van der Waals surface area contributed by atoms with Crippen LogP contribution in [0.1, 0.15) is 41.5 Å². The van der Waals surface area contributed by atoms with Crippen LogP contribution in [0.4, 0.5) is 11.4 Å². The highest BCUT2D eigenvalue weighted by atomic mass is 32.2. The first kappa shape index (κ1) is 17.2. The fourth-order valence-electron chi connectivity index (χ4n) is 3.69. The van der Waals surface area contributed by atoms with Gasteiger partial charge in [-0.1, -0.05) is 6.07 Å². The van der Waals surface area contributed by atoms with Crippen LogP contribution in [0.3, 0.4) is 0 Å². The first-order valence-corrected chi connectivity index (χ1v) is 11.0. The number of fused-ring (bicyclic) bond motifs is 1. The highest BCUT2D eigenvalue weighted by Gasteiger charge is 2.31. The Morgan fingerprint density at radius 3 is 2.57 bits per heavy atom. The summed E-state index contributed by atoms with van der Waals surface area (Å²) in [6.45, 7) is 0.499. The van der Waals surface area contributed by atoms with E-state index in [0.29, 0.717) is 36.0 Å². The summed E-state index contributed by atoms with van der Waals surface area (Å²) in [5.41, 5.74) is 2.43. The van der Waals surface area contributed by atoms with Crippen LogP contribution >= 0.6 is 0 Å². The van der Waals surface area contributed by atoms with Gasteiger partial charge >= 0.3 is 0 Å². The van der Waals surface area contributed by atoms with Crippen molar-refractivity contribution in [3.63, 3.8) is 0 Å². The van der Waals surface area contributed by atoms with Gasteiger partial charge in [0.05, 0.1) is 17.0 Å². The van der Waals surface area contributed by atoms with E-state index in [0.717, 1.165) is 24.2 Å². The van der Waals surface area contributed by atoms with Gasteiger partial charge in [-0.15, -0.1) is 0 Å². The summed E-state index contributed by atoms with van der Waals surface area (Å²) in [4.78, 5) is 17.4. The van der Waals surface area contributed by atoms with E-state index in [2.05, 4.69) is 10.3 Å². The molecular weight excluding hydrogens is 376 g/mol. The molecule has 7 nitrogen and oxygen atoms in total. The summed E-state index contributed by atoms with van der Waals surface area (Å²) in [6.07, 6.45) is 4.79. The molecule has 0 bridgehead atoms. The normalized spacial score (nSPS) is 18.5. The molecule has 0 spiro atoms. The predicted octanol–water partition coefficient (Wildman–Crippen LogP) is 3.00. The van der Waals surface area contributed by atoms with E-state index in [1.165, 1.54) is 4.31 Å². The number of carbonyl (C=O) groups excluding carboxylic acids is 1. The summed E-state index contributed by atoms with van der Waals surface area (Å²) < 4.78 is 27.5. The van der Waals surface area contributed by atoms with Crippen molar-refractivity contribution >= 4 is 32.8 Å². The third-order valence-electron chi connectivity index (χ3n) is 5.25. The lowest BCUT2D eigenvalue weighted by atomic mass is 10.2. The van der Waals surface area contributed by atoms with Crippen molar-refractivity contribution in [2.24, 2.45) is 0 Å². The topological polar surface area (TPSA) is 83.8 Å². The molecule has 3 aromatic rings. The molecule has 0 unspecified atom stereocenters. The lowest BCUT2D eigenvalue weighted by Gasteiger charge is -2.17. The standard InChI is InChI=1S/C20H20N4O3S/c25-20(18-17-4-1-2-11-23(17)19(22-18)14-5-6-14)21-15-7-9-16(10-8-15)24-12-3-13-28(24,26)27/h1-2,4,7-11,14H,3,5-6,12-13H2,(H,21,25). The van der Waals surface area contributed by atoms with Gasteiger partial charge in [0.15, 0.2) is 5.69 Å². The lowest BCUT2D eigenvalue weighted by molar-refractivity contribution is 0.102. The van der Waals surface area contributed by atoms with Crippen molar-refractivity contribution in [1.29, 1.82) is 0 Å². The van der Waals surface area contributed by atoms with Crippen LogP contribution in [-0.2, 0) is 10.0 Å². The first-order valence-electron chi connectivity index (χ1n) is 9.42. The summed E-state index contributed by atoms with van der Waals surface area (Å²) >= 11 is 0. The average Bonchev–Trinajstić information content (AvgIpc) is 3.36. The highest BCUT2D eigenvalue weighted by molar-refractivity contribution is 7.93. The zero-order chi connectivity index (χ0) is 19.3. The SMILES string of the molecule is O=C(Nc1ccc(N2CCCS2(=O)=O)cc1)c1nc(C2CC2)n2ccccc12. The second-order valence-electron chi connectivity index (χ2n) is 7.29. The molecule has 1 aliphatic heterocycles. The maximum atomic E-state index is 12.8. The molecule has 0 radical (unpaired) electrons. The van der Waals surface area contributed by atoms with Gasteiger partial charge in [0.25, 0.3) is 5.91 Å². The smallest absolute Gasteiger partial charge is 0.276 e. The van der Waals surface area contributed by atoms with E-state index >= 15 is 0 Å². The molecule has 2 aromatic heterocycles. The minimum atomic E-state index is -3.21. The maximum absolute atomic E-state index is 12.8. The summed E-state index contributed by atoms with van der Waals surface area (Å²) in [5.74, 6) is 1.29. The number of carbonyl (C=O) groups is 1. The van der Waals surface area contributed by atoms with E-state index < -0.39 is 10.0 Å². The van der Waals surface area contributed by atoms with Gasteiger partial charge < -0.3 is 9.72 Å². The fourth-order valence-corrected chi connectivity index (χ4v) is 5.25. The Morgan fingerprint density at radius 1 is 1.11 bits per heavy atom. The Kier molecular flexibility index (Phi) is 3.90. The van der Waals surface area contributed by atoms with Gasteiger partial charge in [0, 0.05) is 24.3 Å². The molecule has 1 saturated carbocycles. The third-order valence-corrected chi connectivity index (χ3v) is 7.12. The lowest BCUT2D eigenvalue weighted by Crippen LogP contribution is -2.25. The number of pyridine rings is 1. The number of nitrogens with one attached hydrogen (secondary N) is 1. The van der Waals surface area contributed by atoms with Gasteiger partial charge in [-0.05, 0) is 55.7 Å². The van der Waals surface area contributed by atoms with Crippen molar-refractivity contribution in [3.8, 4) is 0 Å². The molecule has 1 aromatic carbocycles. The summed E-state index contributed by atoms with van der Waals surface area (Å²) in [5, 5.41) is 2.88. The van der Waals surface area contributed by atoms with Crippen molar-refractivity contribution < 1.29 is 13.2 Å². The van der Waals surface area contributed by atoms with E-state index in [9.17, 15) is 13.2 Å². The third kappa shape index (κ3) is 2.93. The van der Waals surface area contributed by atoms with Crippen LogP contribution in [0.5, 0.6) is 0 Å². The minimum Gasteiger partial charge on any atom is -0.321 e. The van der Waals surface area contributed by atoms with Gasteiger partial charge in [-0.25, -0.2) is 13.4 Å². The van der Waals surface area contributed by atoms with E-state index in [1.54, 1.807) is 24.3 Å². The molecule has 2 aliphatic rings. The second-order valence-corrected chi connectivity index (χ2v) is 9.30. The number of sulfonamides is 1. The number of nitrogens with zero attached hydrogens (tertiary/aromatic N) is 3. The van der Waals surface area contributed by atoms with Crippen molar-refractivity contribution in [1.82, 2.24) is 9.38 Å². The Bertz CT molecular complexity index is 1160. The highest BCUT2D eigenvalue weighted by Crippen LogP contribution is 2.40. The molecule has 8 heteroatoms. The number of imidazole rings is 1. The molecule has 3 heterocycles. The zero-order valence-corrected chi connectivity index (χ0v) is 16.0. The average molecular weight is 396 g/mol. The molecular formula is C20H20N4O3S. The number of anilines is 2. The molecule has 1 saturated heterocycles. The van der Waals surface area contributed by atoms with Crippen LogP contribution in [0.2, 0.25) is 0 Å². The summed E-state index contributed by atoms with van der Waals surface area (Å²) in [7, 11) is -3.21. The number of aromatic nitrogens is 2. The zero-order valence-electron chi connectivity index (χ0n) is 15.2. The van der Waals surface area contributed by atoms with E-state index in [1.807, 2.05) is 28.8 Å². The number of rotatable bonds is 4. The van der Waals surface area contributed by atoms with Crippen LogP contribution in [0.25, 0.3) is 5.52 Å². The molecule has 2 fully saturated rings. The molecule has 5 rings (SSSR count). The second kappa shape index (κ2) is 6.34. The van der Waals surface area contributed by atoms with Gasteiger partial charge in [-0.3, -0.25) is 9.10 Å². The van der Waals surface area contributed by atoms with Crippen molar-refractivity contribution in [3.05, 3.63) is 60.2 Å². The Hall–Kier alpha value is -2.87. The number of amides is 1. The minimum absolute atomic E-state index is 0.183. The van der Waals surface area contributed by atoms with Gasteiger partial charge in [0.2, 0.25) is 10.0 Å². The van der Waals surface area contributed by atoms with E-state index in [-0.39, 0.29) is 11.7 Å². The van der Waals surface area contributed by atoms with Crippen molar-refractivity contribution in [2.75, 3.05) is 21.9 Å². The molecule has 1 N–H and O–H groups in total. The van der Waals surface area contributed by atoms with Crippen LogP contribution in [-0.4, -0.2) is 36.0 Å². The number of benzene rings is 1. The Morgan fingerprint density at radius 2 is 1.89 bits per heavy atom. The fraction of sp³-hybridized carbons (Fsp3) is 0.300. The largest absolute Gasteiger partial charge is 0.321 e. The van der Waals surface area contributed by atoms with Crippen LogP contribution in [0, 0.1) is 0 Å². The molecule has 1 amide bonds. The number of hydrogen-bond donors (Lipinski definition) is 1. The van der Waals surface area contributed by atoms with E-state index in [4.69, 9.17) is 0 Å². The van der Waals surface area contributed by atoms with Crippen LogP contribution < -0.4 is 9.62 Å². The van der Waals surface area contributed by atoms with Crippen LogP contribution in [0.15, 0.2) is 48.7 Å². The summed E-state index contributed by atoms with van der Waals surface area (Å²) in [6, 6.07) is 12.6. The maximum Gasteiger partial charge on any atom is 0.276 e. The molecule has 144 valence electrons. The first-order chi connectivity index (χ1) is 13.5.